The fourth-order valence-electron chi connectivity index (χ4n) is 0.858. The van der Waals surface area contributed by atoms with E-state index in [1.165, 1.54) is 0 Å². The smallest absolute Gasteiger partial charge is 0.310 e. The van der Waals surface area contributed by atoms with Crippen LogP contribution in [-0.4, -0.2) is 38.6 Å². The van der Waals surface area contributed by atoms with Crippen molar-refractivity contribution < 1.29 is 14.3 Å². The van der Waals surface area contributed by atoms with Gasteiger partial charge in [0.25, 0.3) is 0 Å². The number of carbonyl (C=O) groups excluding carboxylic acids is 2. The van der Waals surface area contributed by atoms with Crippen LogP contribution in [0.2, 0.25) is 0 Å². The topological polar surface area (TPSA) is 67.4 Å². The Kier molecular flexibility index (Phi) is 10.8. The van der Waals surface area contributed by atoms with E-state index < -0.39 is 0 Å². The average molecular weight is 239 g/mol. The van der Waals surface area contributed by atoms with Crippen molar-refractivity contribution in [3.8, 4) is 0 Å². The minimum absolute atomic E-state index is 0. The van der Waals surface area contributed by atoms with Crippen LogP contribution in [0.5, 0.6) is 0 Å². The highest BCUT2D eigenvalue weighted by atomic mass is 35.5. The molecule has 1 atom stereocenters. The molecular formula is C9H19ClN2O3. The Balaban J connectivity index is 0. The first kappa shape index (κ1) is 16.6. The molecule has 6 heteroatoms. The molecule has 0 aromatic heterocycles. The molecule has 0 aliphatic carbocycles. The van der Waals surface area contributed by atoms with Crippen LogP contribution in [0.25, 0.3) is 0 Å². The monoisotopic (exact) mass is 238 g/mol. The van der Waals surface area contributed by atoms with Crippen LogP contribution in [0, 0.1) is 5.92 Å². The van der Waals surface area contributed by atoms with Crippen LogP contribution < -0.4 is 10.6 Å². The third-order valence-corrected chi connectivity index (χ3v) is 1.63. The van der Waals surface area contributed by atoms with Gasteiger partial charge in [-0.3, -0.25) is 9.59 Å². The second kappa shape index (κ2) is 9.73. The molecule has 0 aromatic carbocycles. The zero-order valence-corrected chi connectivity index (χ0v) is 10.1. The van der Waals surface area contributed by atoms with Crippen LogP contribution in [-0.2, 0) is 14.3 Å². The van der Waals surface area contributed by atoms with Gasteiger partial charge in [0.2, 0.25) is 5.91 Å². The highest BCUT2D eigenvalue weighted by molar-refractivity contribution is 5.85. The summed E-state index contributed by atoms with van der Waals surface area (Å²) < 4.78 is 4.79. The quantitative estimate of drug-likeness (QED) is 0.637. The van der Waals surface area contributed by atoms with Gasteiger partial charge in [0.1, 0.15) is 0 Å². The number of amides is 1. The van der Waals surface area contributed by atoms with Crippen LogP contribution in [0.3, 0.4) is 0 Å². The van der Waals surface area contributed by atoms with Crippen molar-refractivity contribution in [1.29, 1.82) is 0 Å². The Morgan fingerprint density at radius 3 is 2.47 bits per heavy atom. The summed E-state index contributed by atoms with van der Waals surface area (Å²) in [5.41, 5.74) is 0. The highest BCUT2D eigenvalue weighted by Gasteiger charge is 2.14. The van der Waals surface area contributed by atoms with E-state index >= 15 is 0 Å². The first-order chi connectivity index (χ1) is 6.61. The standard InChI is InChI=1S/C9H18N2O3.ClH/c1-4-14-9(13)7(2)5-11-8(12)6-10-3;/h7,10H,4-6H2,1-3H3,(H,11,12);1H. The lowest BCUT2D eigenvalue weighted by molar-refractivity contribution is -0.147. The lowest BCUT2D eigenvalue weighted by atomic mass is 10.2. The predicted octanol–water partition coefficient (Wildman–Crippen LogP) is -0.0570. The molecule has 1 amide bonds. The van der Waals surface area contributed by atoms with Crippen molar-refractivity contribution in [2.45, 2.75) is 13.8 Å². The first-order valence-corrected chi connectivity index (χ1v) is 4.69. The summed E-state index contributed by atoms with van der Waals surface area (Å²) >= 11 is 0. The zero-order valence-electron chi connectivity index (χ0n) is 9.33. The van der Waals surface area contributed by atoms with Crippen LogP contribution in [0.1, 0.15) is 13.8 Å². The summed E-state index contributed by atoms with van der Waals surface area (Å²) in [5, 5.41) is 5.34. The minimum atomic E-state index is -0.296. The van der Waals surface area contributed by atoms with Crippen molar-refractivity contribution in [3.05, 3.63) is 0 Å². The van der Waals surface area contributed by atoms with Crippen LogP contribution in [0.4, 0.5) is 0 Å². The number of ether oxygens (including phenoxy) is 1. The molecule has 0 bridgehead atoms. The van der Waals surface area contributed by atoms with E-state index in [0.717, 1.165) is 0 Å². The SMILES string of the molecule is CCOC(=O)C(C)CNC(=O)CNC.Cl. The van der Waals surface area contributed by atoms with Gasteiger partial charge in [0, 0.05) is 6.54 Å². The Labute approximate surface area is 96.3 Å². The summed E-state index contributed by atoms with van der Waals surface area (Å²) in [6.45, 7) is 4.42. The molecule has 0 aliphatic heterocycles. The summed E-state index contributed by atoms with van der Waals surface area (Å²) in [5.74, 6) is -0.698. The number of halogens is 1. The predicted molar refractivity (Wildman–Crippen MR) is 60.0 cm³/mol. The van der Waals surface area contributed by atoms with Gasteiger partial charge in [0.15, 0.2) is 0 Å². The maximum absolute atomic E-state index is 11.1. The van der Waals surface area contributed by atoms with Gasteiger partial charge < -0.3 is 15.4 Å². The molecular weight excluding hydrogens is 220 g/mol. The summed E-state index contributed by atoms with van der Waals surface area (Å²) in [4.78, 5) is 22.1. The molecule has 90 valence electrons. The van der Waals surface area contributed by atoms with Gasteiger partial charge >= 0.3 is 5.97 Å². The molecule has 0 aromatic rings. The molecule has 0 heterocycles. The highest BCUT2D eigenvalue weighted by Crippen LogP contribution is 1.96. The van der Waals surface area contributed by atoms with Crippen molar-refractivity contribution in [2.24, 2.45) is 5.92 Å². The van der Waals surface area contributed by atoms with Gasteiger partial charge in [-0.2, -0.15) is 0 Å². The van der Waals surface area contributed by atoms with Gasteiger partial charge in [-0.25, -0.2) is 0 Å². The number of esters is 1. The van der Waals surface area contributed by atoms with Gasteiger partial charge in [-0.05, 0) is 14.0 Å². The Hall–Kier alpha value is -0.810. The lowest BCUT2D eigenvalue weighted by Crippen LogP contribution is -2.37. The second-order valence-corrected chi connectivity index (χ2v) is 2.99. The molecule has 0 fully saturated rings. The zero-order chi connectivity index (χ0) is 11.0. The molecule has 0 saturated heterocycles. The molecule has 1 unspecified atom stereocenters. The third-order valence-electron chi connectivity index (χ3n) is 1.63. The third kappa shape index (κ3) is 8.20. The molecule has 0 radical (unpaired) electrons. The second-order valence-electron chi connectivity index (χ2n) is 2.99. The number of likely N-dealkylation sites (N-methyl/N-ethyl adjacent to an activating group) is 1. The number of hydrogen-bond acceptors (Lipinski definition) is 4. The van der Waals surface area contributed by atoms with Crippen molar-refractivity contribution >= 4 is 24.3 Å². The molecule has 15 heavy (non-hydrogen) atoms. The van der Waals surface area contributed by atoms with Gasteiger partial charge in [0.05, 0.1) is 19.1 Å². The van der Waals surface area contributed by atoms with E-state index in [-0.39, 0.29) is 36.7 Å². The number of hydrogen-bond donors (Lipinski definition) is 2. The van der Waals surface area contributed by atoms with E-state index in [1.54, 1.807) is 20.9 Å². The molecule has 0 spiro atoms. The molecule has 5 nitrogen and oxygen atoms in total. The van der Waals surface area contributed by atoms with Crippen molar-refractivity contribution in [1.82, 2.24) is 10.6 Å². The van der Waals surface area contributed by atoms with E-state index in [1.807, 2.05) is 0 Å². The minimum Gasteiger partial charge on any atom is -0.466 e. The molecule has 0 rings (SSSR count). The molecule has 0 saturated carbocycles. The largest absolute Gasteiger partial charge is 0.466 e. The van der Waals surface area contributed by atoms with E-state index in [2.05, 4.69) is 10.6 Å². The Bertz CT molecular complexity index is 200. The lowest BCUT2D eigenvalue weighted by Gasteiger charge is -2.11. The van der Waals surface area contributed by atoms with Crippen molar-refractivity contribution in [2.75, 3.05) is 26.7 Å². The van der Waals surface area contributed by atoms with E-state index in [9.17, 15) is 9.59 Å². The summed E-state index contributed by atoms with van der Waals surface area (Å²) in [6, 6.07) is 0. The first-order valence-electron chi connectivity index (χ1n) is 4.69. The Morgan fingerprint density at radius 2 is 2.00 bits per heavy atom. The number of rotatable bonds is 6. The fraction of sp³-hybridized carbons (Fsp3) is 0.778. The van der Waals surface area contributed by atoms with E-state index in [0.29, 0.717) is 13.2 Å². The van der Waals surface area contributed by atoms with Crippen LogP contribution >= 0.6 is 12.4 Å². The normalized spacial score (nSPS) is 11.1. The van der Waals surface area contributed by atoms with E-state index in [4.69, 9.17) is 4.74 Å². The maximum Gasteiger partial charge on any atom is 0.310 e. The Morgan fingerprint density at radius 1 is 1.40 bits per heavy atom. The van der Waals surface area contributed by atoms with Gasteiger partial charge in [-0.15, -0.1) is 12.4 Å². The summed E-state index contributed by atoms with van der Waals surface area (Å²) in [6.07, 6.45) is 0. The molecule has 2 N–H and O–H groups in total. The average Bonchev–Trinajstić information content (AvgIpc) is 2.15. The van der Waals surface area contributed by atoms with Crippen molar-refractivity contribution in [3.63, 3.8) is 0 Å². The molecule has 0 aliphatic rings. The fourth-order valence-corrected chi connectivity index (χ4v) is 0.858. The van der Waals surface area contributed by atoms with Gasteiger partial charge in [-0.1, -0.05) is 6.92 Å². The summed E-state index contributed by atoms with van der Waals surface area (Å²) in [7, 11) is 1.69. The van der Waals surface area contributed by atoms with Crippen LogP contribution in [0.15, 0.2) is 0 Å². The maximum atomic E-state index is 11.1. The number of nitrogens with one attached hydrogen (secondary N) is 2. The number of carbonyl (C=O) groups is 2.